The van der Waals surface area contributed by atoms with Gasteiger partial charge >= 0.3 is 0 Å². The maximum Gasteiger partial charge on any atom is 0.0447 e. The van der Waals surface area contributed by atoms with Gasteiger partial charge in [-0.3, -0.25) is 0 Å². The van der Waals surface area contributed by atoms with Gasteiger partial charge in [0.1, 0.15) is 0 Å². The van der Waals surface area contributed by atoms with Gasteiger partial charge in [-0.2, -0.15) is 0 Å². The van der Waals surface area contributed by atoms with E-state index in [0.717, 1.165) is 12.8 Å². The first-order valence-electron chi connectivity index (χ1n) is 9.30. The molecule has 0 saturated carbocycles. The summed E-state index contributed by atoms with van der Waals surface area (Å²) in [6.07, 6.45) is 16.6. The first-order valence-corrected chi connectivity index (χ1v) is 9.30. The lowest BCUT2D eigenvalue weighted by molar-refractivity contribution is -0.313. The summed E-state index contributed by atoms with van der Waals surface area (Å²) in [6.45, 7) is 6.21. The Morgan fingerprint density at radius 3 is 1.48 bits per heavy atom. The molecule has 21 heavy (non-hydrogen) atoms. The van der Waals surface area contributed by atoms with Crippen LogP contribution in [0.3, 0.4) is 0 Å². The van der Waals surface area contributed by atoms with Gasteiger partial charge in [-0.25, -0.2) is 0 Å². The second-order valence-corrected chi connectivity index (χ2v) is 6.85. The van der Waals surface area contributed by atoms with E-state index in [2.05, 4.69) is 6.92 Å². The lowest BCUT2D eigenvalue weighted by Crippen LogP contribution is -2.34. The molecule has 0 fully saturated rings. The summed E-state index contributed by atoms with van der Waals surface area (Å²) in [5.74, 6) is -0.927. The van der Waals surface area contributed by atoms with Gasteiger partial charge in [0.15, 0.2) is 0 Å². The van der Waals surface area contributed by atoms with E-state index in [-0.39, 0.29) is 11.8 Å². The van der Waals surface area contributed by atoms with Crippen molar-refractivity contribution in [3.63, 3.8) is 0 Å². The van der Waals surface area contributed by atoms with Crippen molar-refractivity contribution in [1.82, 2.24) is 0 Å². The fraction of sp³-hybridized carbons (Fsp3) is 0.947. The van der Waals surface area contributed by atoms with Crippen molar-refractivity contribution in [2.45, 2.75) is 104 Å². The van der Waals surface area contributed by atoms with E-state index in [9.17, 15) is 9.90 Å². The van der Waals surface area contributed by atoms with Gasteiger partial charge in [0.25, 0.3) is 0 Å². The average Bonchev–Trinajstić information content (AvgIpc) is 2.43. The number of carboxylic acid groups (broad SMARTS) is 1. The molecule has 0 radical (unpaired) electrons. The fourth-order valence-corrected chi connectivity index (χ4v) is 2.93. The van der Waals surface area contributed by atoms with Crippen LogP contribution >= 0.6 is 0 Å². The molecule has 0 aromatic rings. The van der Waals surface area contributed by atoms with Crippen molar-refractivity contribution in [3.8, 4) is 0 Å². The largest absolute Gasteiger partial charge is 0.550 e. The van der Waals surface area contributed by atoms with Crippen LogP contribution in [0.1, 0.15) is 104 Å². The molecule has 0 N–H and O–H groups in total. The number of carbonyl (C=O) groups excluding carboxylic acids is 1. The van der Waals surface area contributed by atoms with Crippen LogP contribution in [0.25, 0.3) is 0 Å². The summed E-state index contributed by atoms with van der Waals surface area (Å²) in [7, 11) is 0. The summed E-state index contributed by atoms with van der Waals surface area (Å²) in [4.78, 5) is 11.0. The monoisotopic (exact) mass is 297 g/mol. The smallest absolute Gasteiger partial charge is 0.0447 e. The molecule has 0 bridgehead atoms. The van der Waals surface area contributed by atoms with Gasteiger partial charge in [0, 0.05) is 11.9 Å². The minimum Gasteiger partial charge on any atom is -0.550 e. The van der Waals surface area contributed by atoms with Crippen LogP contribution < -0.4 is 5.11 Å². The van der Waals surface area contributed by atoms with Crippen LogP contribution in [-0.2, 0) is 4.79 Å². The van der Waals surface area contributed by atoms with E-state index in [1.165, 1.54) is 70.6 Å². The molecule has 0 aromatic heterocycles. The molecule has 0 amide bonds. The van der Waals surface area contributed by atoms with Gasteiger partial charge in [-0.1, -0.05) is 97.8 Å². The molecule has 1 unspecified atom stereocenters. The van der Waals surface area contributed by atoms with Crippen LogP contribution in [0.4, 0.5) is 0 Å². The van der Waals surface area contributed by atoms with Gasteiger partial charge in [0.2, 0.25) is 0 Å². The molecule has 2 nitrogen and oxygen atoms in total. The number of aliphatic carboxylic acids is 1. The minimum absolute atomic E-state index is 0.197. The Bertz CT molecular complexity index is 236. The molecule has 1 atom stereocenters. The van der Waals surface area contributed by atoms with Crippen molar-refractivity contribution in [3.05, 3.63) is 0 Å². The Kier molecular flexibility index (Phi) is 14.0. The molecule has 2 heteroatoms. The van der Waals surface area contributed by atoms with Crippen LogP contribution in [0.15, 0.2) is 0 Å². The Hall–Kier alpha value is -0.530. The van der Waals surface area contributed by atoms with Crippen LogP contribution in [0.5, 0.6) is 0 Å². The highest BCUT2D eigenvalue weighted by Gasteiger charge is 2.13. The summed E-state index contributed by atoms with van der Waals surface area (Å²) in [6, 6.07) is 0. The summed E-state index contributed by atoms with van der Waals surface area (Å²) in [5, 5.41) is 11.0. The quantitative estimate of drug-likeness (QED) is 0.394. The number of carboxylic acids is 1. The maximum absolute atomic E-state index is 11.0. The first-order chi connectivity index (χ1) is 10.1. The molecular weight excluding hydrogens is 260 g/mol. The molecule has 0 rings (SSSR count). The topological polar surface area (TPSA) is 40.1 Å². The lowest BCUT2D eigenvalue weighted by atomic mass is 9.90. The van der Waals surface area contributed by atoms with Crippen molar-refractivity contribution in [2.24, 2.45) is 11.8 Å². The van der Waals surface area contributed by atoms with E-state index < -0.39 is 5.97 Å². The molecule has 0 heterocycles. The SMILES string of the molecule is CCCCCCCCCCCCCCC(C(=O)[O-])C(C)C. The zero-order valence-electron chi connectivity index (χ0n) is 14.7. The normalized spacial score (nSPS) is 12.8. The van der Waals surface area contributed by atoms with Crippen molar-refractivity contribution in [2.75, 3.05) is 0 Å². The molecule has 0 aliphatic heterocycles. The van der Waals surface area contributed by atoms with Crippen molar-refractivity contribution < 1.29 is 9.90 Å². The summed E-state index contributed by atoms with van der Waals surface area (Å²) in [5.41, 5.74) is 0. The van der Waals surface area contributed by atoms with Crippen molar-refractivity contribution >= 4 is 5.97 Å². The van der Waals surface area contributed by atoms with Crippen molar-refractivity contribution in [1.29, 1.82) is 0 Å². The Balaban J connectivity index is 3.27. The number of unbranched alkanes of at least 4 members (excludes halogenated alkanes) is 11. The fourth-order valence-electron chi connectivity index (χ4n) is 2.93. The Labute approximate surface area is 132 Å². The van der Waals surface area contributed by atoms with Crippen LogP contribution in [0.2, 0.25) is 0 Å². The zero-order valence-corrected chi connectivity index (χ0v) is 14.7. The van der Waals surface area contributed by atoms with Gasteiger partial charge < -0.3 is 9.90 Å². The number of hydrogen-bond acceptors (Lipinski definition) is 2. The average molecular weight is 298 g/mol. The standard InChI is InChI=1S/C19H38O2/c1-4-5-6-7-8-9-10-11-12-13-14-15-16-18(17(2)3)19(20)21/h17-18H,4-16H2,1-3H3,(H,20,21)/p-1. The Morgan fingerprint density at radius 2 is 1.14 bits per heavy atom. The molecule has 0 aromatic carbocycles. The highest BCUT2D eigenvalue weighted by molar-refractivity contribution is 5.67. The van der Waals surface area contributed by atoms with Gasteiger partial charge in [0.05, 0.1) is 0 Å². The highest BCUT2D eigenvalue weighted by atomic mass is 16.4. The van der Waals surface area contributed by atoms with Crippen LogP contribution in [0, 0.1) is 11.8 Å². The zero-order chi connectivity index (χ0) is 15.9. The molecule has 0 saturated heterocycles. The minimum atomic E-state index is -0.868. The Morgan fingerprint density at radius 1 is 0.762 bits per heavy atom. The van der Waals surface area contributed by atoms with E-state index in [0.29, 0.717) is 0 Å². The maximum atomic E-state index is 11.0. The third-order valence-corrected chi connectivity index (χ3v) is 4.48. The summed E-state index contributed by atoms with van der Waals surface area (Å²) < 4.78 is 0. The highest BCUT2D eigenvalue weighted by Crippen LogP contribution is 2.19. The third kappa shape index (κ3) is 12.9. The van der Waals surface area contributed by atoms with Gasteiger partial charge in [-0.15, -0.1) is 0 Å². The number of carbonyl (C=O) groups is 1. The first kappa shape index (κ1) is 20.5. The second-order valence-electron chi connectivity index (χ2n) is 6.85. The van der Waals surface area contributed by atoms with Gasteiger partial charge in [-0.05, 0) is 12.3 Å². The van der Waals surface area contributed by atoms with E-state index >= 15 is 0 Å². The second kappa shape index (κ2) is 14.4. The predicted octanol–water partition coefficient (Wildman–Crippen LogP) is 5.10. The molecule has 0 aliphatic carbocycles. The number of hydrogen-bond donors (Lipinski definition) is 0. The number of rotatable bonds is 15. The summed E-state index contributed by atoms with van der Waals surface area (Å²) >= 11 is 0. The third-order valence-electron chi connectivity index (χ3n) is 4.48. The molecule has 126 valence electrons. The molecule has 0 aliphatic rings. The van der Waals surface area contributed by atoms with Crippen LogP contribution in [-0.4, -0.2) is 5.97 Å². The van der Waals surface area contributed by atoms with E-state index in [4.69, 9.17) is 0 Å². The lowest BCUT2D eigenvalue weighted by Gasteiger charge is -2.21. The predicted molar refractivity (Wildman–Crippen MR) is 89.0 cm³/mol. The molecule has 0 spiro atoms. The van der Waals surface area contributed by atoms with E-state index in [1.54, 1.807) is 0 Å². The molecular formula is C19H37O2-. The van der Waals surface area contributed by atoms with E-state index in [1.807, 2.05) is 13.8 Å².